The van der Waals surface area contributed by atoms with Crippen molar-refractivity contribution in [2.24, 2.45) is 0 Å². The molecule has 0 radical (unpaired) electrons. The number of para-hydroxylation sites is 1. The van der Waals surface area contributed by atoms with E-state index in [-0.39, 0.29) is 18.6 Å². The predicted octanol–water partition coefficient (Wildman–Crippen LogP) is 3.74. The fourth-order valence-corrected chi connectivity index (χ4v) is 2.82. The SMILES string of the molecule is C[C@H](Nc1ccc2ccccc2n1)c1ccc2c(c1)NC(=O)CO2. The fourth-order valence-electron chi connectivity index (χ4n) is 2.82. The van der Waals surface area contributed by atoms with Crippen molar-refractivity contribution in [3.63, 3.8) is 0 Å². The number of amides is 1. The monoisotopic (exact) mass is 319 g/mol. The highest BCUT2D eigenvalue weighted by Crippen LogP contribution is 2.31. The molecule has 5 heteroatoms. The molecule has 5 nitrogen and oxygen atoms in total. The van der Waals surface area contributed by atoms with Crippen molar-refractivity contribution in [3.05, 3.63) is 60.2 Å². The Morgan fingerprint density at radius 3 is 2.96 bits per heavy atom. The molecule has 24 heavy (non-hydrogen) atoms. The highest BCUT2D eigenvalue weighted by atomic mass is 16.5. The zero-order chi connectivity index (χ0) is 16.5. The summed E-state index contributed by atoms with van der Waals surface area (Å²) in [6, 6.07) is 17.9. The van der Waals surface area contributed by atoms with Gasteiger partial charge in [-0.25, -0.2) is 4.98 Å². The maximum absolute atomic E-state index is 11.5. The molecule has 2 aromatic carbocycles. The number of hydrogen-bond acceptors (Lipinski definition) is 4. The van der Waals surface area contributed by atoms with Crippen LogP contribution in [0.1, 0.15) is 18.5 Å². The van der Waals surface area contributed by atoms with E-state index in [1.807, 2.05) is 48.5 Å². The number of benzene rings is 2. The average Bonchev–Trinajstić information content (AvgIpc) is 2.61. The van der Waals surface area contributed by atoms with Gasteiger partial charge in [-0.2, -0.15) is 0 Å². The molecule has 1 aliphatic rings. The minimum absolute atomic E-state index is 0.0443. The van der Waals surface area contributed by atoms with Gasteiger partial charge in [0.25, 0.3) is 5.91 Å². The number of aromatic nitrogens is 1. The van der Waals surface area contributed by atoms with Crippen LogP contribution in [0.2, 0.25) is 0 Å². The number of carbonyl (C=O) groups is 1. The third kappa shape index (κ3) is 2.76. The molecular formula is C19H17N3O2. The van der Waals surface area contributed by atoms with E-state index in [1.54, 1.807) is 0 Å². The summed E-state index contributed by atoms with van der Waals surface area (Å²) in [5.74, 6) is 1.39. The second-order valence-electron chi connectivity index (χ2n) is 5.85. The van der Waals surface area contributed by atoms with Crippen LogP contribution in [0, 0.1) is 0 Å². The van der Waals surface area contributed by atoms with Crippen LogP contribution in [0.15, 0.2) is 54.6 Å². The van der Waals surface area contributed by atoms with Crippen LogP contribution in [0.3, 0.4) is 0 Å². The standard InChI is InChI=1S/C19H17N3O2/c1-12(14-6-8-17-16(10-14)22-19(23)11-24-17)20-18-9-7-13-4-2-3-5-15(13)21-18/h2-10,12H,11H2,1H3,(H,20,21)(H,22,23)/t12-/m0/s1. The van der Waals surface area contributed by atoms with E-state index in [9.17, 15) is 4.79 Å². The first kappa shape index (κ1) is 14.5. The van der Waals surface area contributed by atoms with Gasteiger partial charge in [0.15, 0.2) is 6.61 Å². The van der Waals surface area contributed by atoms with Gasteiger partial charge in [0.2, 0.25) is 0 Å². The summed E-state index contributed by atoms with van der Waals surface area (Å²) >= 11 is 0. The molecule has 1 aromatic heterocycles. The number of nitrogens with one attached hydrogen (secondary N) is 2. The molecule has 0 bridgehead atoms. The summed E-state index contributed by atoms with van der Waals surface area (Å²) in [5, 5.41) is 7.35. The summed E-state index contributed by atoms with van der Waals surface area (Å²) in [5.41, 5.74) is 2.72. The van der Waals surface area contributed by atoms with Gasteiger partial charge in [0, 0.05) is 5.39 Å². The van der Waals surface area contributed by atoms with Crippen molar-refractivity contribution in [2.45, 2.75) is 13.0 Å². The van der Waals surface area contributed by atoms with Crippen molar-refractivity contribution in [3.8, 4) is 5.75 Å². The molecule has 2 N–H and O–H groups in total. The molecule has 4 rings (SSSR count). The molecule has 0 spiro atoms. The Hall–Kier alpha value is -3.08. The third-order valence-corrected chi connectivity index (χ3v) is 4.10. The quantitative estimate of drug-likeness (QED) is 0.772. The van der Waals surface area contributed by atoms with Gasteiger partial charge in [0.1, 0.15) is 11.6 Å². The van der Waals surface area contributed by atoms with E-state index in [0.29, 0.717) is 11.4 Å². The molecule has 1 atom stereocenters. The molecule has 1 aliphatic heterocycles. The van der Waals surface area contributed by atoms with Gasteiger partial charge in [0.05, 0.1) is 17.2 Å². The zero-order valence-corrected chi connectivity index (χ0v) is 13.2. The summed E-state index contributed by atoms with van der Waals surface area (Å²) < 4.78 is 5.39. The minimum atomic E-state index is -0.128. The maximum atomic E-state index is 11.5. The molecule has 0 fully saturated rings. The van der Waals surface area contributed by atoms with Gasteiger partial charge in [-0.05, 0) is 42.8 Å². The van der Waals surface area contributed by atoms with Crippen molar-refractivity contribution in [1.29, 1.82) is 0 Å². The zero-order valence-electron chi connectivity index (χ0n) is 13.2. The van der Waals surface area contributed by atoms with Crippen molar-refractivity contribution >= 4 is 28.3 Å². The van der Waals surface area contributed by atoms with Crippen LogP contribution < -0.4 is 15.4 Å². The molecule has 0 unspecified atom stereocenters. The van der Waals surface area contributed by atoms with E-state index in [0.717, 1.165) is 22.3 Å². The van der Waals surface area contributed by atoms with Crippen LogP contribution in [-0.4, -0.2) is 17.5 Å². The third-order valence-electron chi connectivity index (χ3n) is 4.10. The van der Waals surface area contributed by atoms with Crippen molar-refractivity contribution in [1.82, 2.24) is 4.98 Å². The first-order valence-corrected chi connectivity index (χ1v) is 7.88. The topological polar surface area (TPSA) is 63.2 Å². The summed E-state index contributed by atoms with van der Waals surface area (Å²) in [6.45, 7) is 2.13. The van der Waals surface area contributed by atoms with E-state index >= 15 is 0 Å². The van der Waals surface area contributed by atoms with Crippen molar-refractivity contribution < 1.29 is 9.53 Å². The molecular weight excluding hydrogens is 302 g/mol. The molecule has 1 amide bonds. The highest BCUT2D eigenvalue weighted by Gasteiger charge is 2.17. The van der Waals surface area contributed by atoms with E-state index in [4.69, 9.17) is 4.74 Å². The van der Waals surface area contributed by atoms with Crippen molar-refractivity contribution in [2.75, 3.05) is 17.2 Å². The Kier molecular flexibility index (Phi) is 3.54. The van der Waals surface area contributed by atoms with Gasteiger partial charge >= 0.3 is 0 Å². The number of ether oxygens (including phenoxy) is 1. The van der Waals surface area contributed by atoms with Gasteiger partial charge < -0.3 is 15.4 Å². The molecule has 2 heterocycles. The van der Waals surface area contributed by atoms with Gasteiger partial charge in [-0.15, -0.1) is 0 Å². The van der Waals surface area contributed by atoms with Crippen LogP contribution in [0.4, 0.5) is 11.5 Å². The minimum Gasteiger partial charge on any atom is -0.482 e. The normalized spacial score (nSPS) is 14.5. The second-order valence-corrected chi connectivity index (χ2v) is 5.85. The summed E-state index contributed by atoms with van der Waals surface area (Å²) in [4.78, 5) is 16.1. The van der Waals surface area contributed by atoms with E-state index < -0.39 is 0 Å². The Morgan fingerprint density at radius 2 is 2.04 bits per heavy atom. The molecule has 0 saturated heterocycles. The summed E-state index contributed by atoms with van der Waals surface area (Å²) in [7, 11) is 0. The number of fused-ring (bicyclic) bond motifs is 2. The van der Waals surface area contributed by atoms with E-state index in [1.165, 1.54) is 0 Å². The Morgan fingerprint density at radius 1 is 1.17 bits per heavy atom. The first-order chi connectivity index (χ1) is 11.7. The summed E-state index contributed by atoms with van der Waals surface area (Å²) in [6.07, 6.45) is 0. The highest BCUT2D eigenvalue weighted by molar-refractivity contribution is 5.95. The number of pyridine rings is 1. The van der Waals surface area contributed by atoms with Gasteiger partial charge in [-0.3, -0.25) is 4.79 Å². The number of carbonyl (C=O) groups excluding carboxylic acids is 1. The Bertz CT molecular complexity index is 923. The lowest BCUT2D eigenvalue weighted by Crippen LogP contribution is -2.25. The number of rotatable bonds is 3. The molecule has 0 saturated carbocycles. The average molecular weight is 319 g/mol. The maximum Gasteiger partial charge on any atom is 0.262 e. The first-order valence-electron chi connectivity index (χ1n) is 7.88. The number of anilines is 2. The van der Waals surface area contributed by atoms with Gasteiger partial charge in [-0.1, -0.05) is 24.3 Å². The lowest BCUT2D eigenvalue weighted by molar-refractivity contribution is -0.118. The Labute approximate surface area is 139 Å². The number of nitrogens with zero attached hydrogens (tertiary/aromatic N) is 1. The lowest BCUT2D eigenvalue weighted by Gasteiger charge is -2.21. The molecule has 120 valence electrons. The van der Waals surface area contributed by atoms with Crippen LogP contribution >= 0.6 is 0 Å². The smallest absolute Gasteiger partial charge is 0.262 e. The molecule has 0 aliphatic carbocycles. The lowest BCUT2D eigenvalue weighted by atomic mass is 10.1. The number of hydrogen-bond donors (Lipinski definition) is 2. The molecule has 3 aromatic rings. The van der Waals surface area contributed by atoms with Crippen LogP contribution in [0.25, 0.3) is 10.9 Å². The van der Waals surface area contributed by atoms with Crippen LogP contribution in [0.5, 0.6) is 5.75 Å². The van der Waals surface area contributed by atoms with E-state index in [2.05, 4.69) is 28.6 Å². The Balaban J connectivity index is 1.58. The second kappa shape index (κ2) is 5.85. The largest absolute Gasteiger partial charge is 0.482 e. The van der Waals surface area contributed by atoms with Crippen LogP contribution in [-0.2, 0) is 4.79 Å². The predicted molar refractivity (Wildman–Crippen MR) is 94.3 cm³/mol. The fraction of sp³-hybridized carbons (Fsp3) is 0.158.